The number of anilines is 1. The van der Waals surface area contributed by atoms with Gasteiger partial charge in [0.15, 0.2) is 0 Å². The van der Waals surface area contributed by atoms with E-state index in [-0.39, 0.29) is 5.69 Å². The van der Waals surface area contributed by atoms with Crippen LogP contribution in [0.1, 0.15) is 37.8 Å². The van der Waals surface area contributed by atoms with Crippen LogP contribution < -0.4 is 10.2 Å². The van der Waals surface area contributed by atoms with Gasteiger partial charge in [0.25, 0.3) is 0 Å². The Labute approximate surface area is 119 Å². The molecule has 0 radical (unpaired) electrons. The zero-order valence-corrected chi connectivity index (χ0v) is 12.3. The Morgan fingerprint density at radius 3 is 2.45 bits per heavy atom. The fourth-order valence-corrected chi connectivity index (χ4v) is 2.04. The molecule has 0 aliphatic heterocycles. The van der Waals surface area contributed by atoms with Crippen molar-refractivity contribution >= 4 is 5.69 Å². The van der Waals surface area contributed by atoms with Gasteiger partial charge < -0.3 is 10.2 Å². The Hall–Kier alpha value is -1.23. The first-order valence-electron chi connectivity index (χ1n) is 7.02. The lowest BCUT2D eigenvalue weighted by Crippen LogP contribution is -2.23. The Morgan fingerprint density at radius 1 is 1.20 bits per heavy atom. The Morgan fingerprint density at radius 2 is 1.90 bits per heavy atom. The van der Waals surface area contributed by atoms with Crippen LogP contribution >= 0.6 is 0 Å². The Kier molecular flexibility index (Phi) is 6.33. The lowest BCUT2D eigenvalue weighted by molar-refractivity contribution is -0.137. The minimum Gasteiger partial charge on any atom is -0.374 e. The minimum absolute atomic E-state index is 0.256. The molecule has 0 heterocycles. The lowest BCUT2D eigenvalue weighted by Gasteiger charge is -2.24. The first-order chi connectivity index (χ1) is 9.40. The number of hydrogen-bond acceptors (Lipinski definition) is 2. The van der Waals surface area contributed by atoms with Crippen LogP contribution in [0, 0.1) is 0 Å². The third-order valence-electron chi connectivity index (χ3n) is 3.20. The van der Waals surface area contributed by atoms with E-state index in [1.165, 1.54) is 6.07 Å². The second kappa shape index (κ2) is 7.53. The molecule has 1 aromatic carbocycles. The number of nitrogens with one attached hydrogen (secondary N) is 1. The van der Waals surface area contributed by atoms with Crippen LogP contribution in [-0.4, -0.2) is 20.1 Å². The summed E-state index contributed by atoms with van der Waals surface area (Å²) in [6, 6.07) is 4.58. The molecule has 0 bridgehead atoms. The molecular formula is C15H23F3N2. The van der Waals surface area contributed by atoms with E-state index in [0.29, 0.717) is 18.7 Å². The van der Waals surface area contributed by atoms with Crippen LogP contribution in [0.5, 0.6) is 0 Å². The highest BCUT2D eigenvalue weighted by Gasteiger charge is 2.34. The first kappa shape index (κ1) is 16.8. The van der Waals surface area contributed by atoms with Crippen molar-refractivity contribution in [2.45, 2.75) is 39.4 Å². The molecular weight excluding hydrogens is 265 g/mol. The van der Waals surface area contributed by atoms with Gasteiger partial charge in [-0.3, -0.25) is 0 Å². The summed E-state index contributed by atoms with van der Waals surface area (Å²) >= 11 is 0. The van der Waals surface area contributed by atoms with E-state index in [4.69, 9.17) is 0 Å². The number of hydrogen-bond donors (Lipinski definition) is 1. The van der Waals surface area contributed by atoms with E-state index in [1.807, 2.05) is 13.8 Å². The van der Waals surface area contributed by atoms with Gasteiger partial charge in [-0.25, -0.2) is 0 Å². The molecule has 0 aliphatic rings. The van der Waals surface area contributed by atoms with E-state index < -0.39 is 11.7 Å². The third-order valence-corrected chi connectivity index (χ3v) is 3.20. The van der Waals surface area contributed by atoms with Crippen LogP contribution in [0.4, 0.5) is 18.9 Å². The summed E-state index contributed by atoms with van der Waals surface area (Å²) in [5.41, 5.74) is 0.365. The summed E-state index contributed by atoms with van der Waals surface area (Å²) in [6.07, 6.45) is -2.48. The number of alkyl halides is 3. The van der Waals surface area contributed by atoms with Gasteiger partial charge in [0.05, 0.1) is 5.56 Å². The van der Waals surface area contributed by atoms with Crippen molar-refractivity contribution in [3.63, 3.8) is 0 Å². The SMILES string of the molecule is CCCCN(C)c1ccc(CNCC)cc1C(F)(F)F. The van der Waals surface area contributed by atoms with Crippen molar-refractivity contribution in [2.75, 3.05) is 25.0 Å². The van der Waals surface area contributed by atoms with Gasteiger partial charge in [-0.1, -0.05) is 26.3 Å². The molecule has 0 aliphatic carbocycles. The predicted octanol–water partition coefficient (Wildman–Crippen LogP) is 4.05. The summed E-state index contributed by atoms with van der Waals surface area (Å²) in [4.78, 5) is 1.68. The van der Waals surface area contributed by atoms with E-state index >= 15 is 0 Å². The molecule has 5 heteroatoms. The first-order valence-corrected chi connectivity index (χ1v) is 7.02. The van der Waals surface area contributed by atoms with E-state index in [2.05, 4.69) is 5.32 Å². The summed E-state index contributed by atoms with van der Waals surface area (Å²) in [5.74, 6) is 0. The molecule has 20 heavy (non-hydrogen) atoms. The standard InChI is InChI=1S/C15H23F3N2/c1-4-6-9-20(3)14-8-7-12(11-19-5-2)10-13(14)15(16,17)18/h7-8,10,19H,4-6,9,11H2,1-3H3. The van der Waals surface area contributed by atoms with Gasteiger partial charge in [0.1, 0.15) is 0 Å². The molecule has 2 nitrogen and oxygen atoms in total. The second-order valence-corrected chi connectivity index (χ2v) is 4.90. The fourth-order valence-electron chi connectivity index (χ4n) is 2.04. The van der Waals surface area contributed by atoms with Crippen LogP contribution in [0.2, 0.25) is 0 Å². The number of halogens is 3. The van der Waals surface area contributed by atoms with Crippen molar-refractivity contribution in [1.29, 1.82) is 0 Å². The molecule has 0 saturated heterocycles. The summed E-state index contributed by atoms with van der Waals surface area (Å²) in [6.45, 7) is 5.78. The number of benzene rings is 1. The zero-order valence-electron chi connectivity index (χ0n) is 12.3. The van der Waals surface area contributed by atoms with Gasteiger partial charge in [-0.15, -0.1) is 0 Å². The zero-order chi connectivity index (χ0) is 15.2. The average Bonchev–Trinajstić information content (AvgIpc) is 2.41. The maximum atomic E-state index is 13.2. The molecule has 0 saturated carbocycles. The Balaban J connectivity index is 3.04. The van der Waals surface area contributed by atoms with Crippen molar-refractivity contribution < 1.29 is 13.2 Å². The van der Waals surface area contributed by atoms with Gasteiger partial charge in [0.2, 0.25) is 0 Å². The fraction of sp³-hybridized carbons (Fsp3) is 0.600. The quantitative estimate of drug-likeness (QED) is 0.814. The molecule has 1 aromatic rings. The molecule has 114 valence electrons. The predicted molar refractivity (Wildman–Crippen MR) is 77.0 cm³/mol. The molecule has 0 unspecified atom stereocenters. The number of unbranched alkanes of at least 4 members (excludes halogenated alkanes) is 1. The van der Waals surface area contributed by atoms with Gasteiger partial charge in [-0.05, 0) is 30.7 Å². The monoisotopic (exact) mass is 288 g/mol. The maximum Gasteiger partial charge on any atom is 0.418 e. The minimum atomic E-state index is -4.32. The molecule has 0 atom stereocenters. The highest BCUT2D eigenvalue weighted by Crippen LogP contribution is 2.37. The van der Waals surface area contributed by atoms with Crippen molar-refractivity contribution in [3.8, 4) is 0 Å². The summed E-state index contributed by atoms with van der Waals surface area (Å²) < 4.78 is 39.6. The van der Waals surface area contributed by atoms with Crippen molar-refractivity contribution in [1.82, 2.24) is 5.32 Å². The summed E-state index contributed by atoms with van der Waals surface area (Å²) in [5, 5.41) is 3.05. The molecule has 0 aromatic heterocycles. The highest BCUT2D eigenvalue weighted by atomic mass is 19.4. The molecule has 1 rings (SSSR count). The molecule has 0 spiro atoms. The van der Waals surface area contributed by atoms with Crippen LogP contribution in [0.3, 0.4) is 0 Å². The van der Waals surface area contributed by atoms with Gasteiger partial charge >= 0.3 is 6.18 Å². The van der Waals surface area contributed by atoms with Gasteiger partial charge in [0, 0.05) is 25.8 Å². The molecule has 1 N–H and O–H groups in total. The molecule has 0 amide bonds. The highest BCUT2D eigenvalue weighted by molar-refractivity contribution is 5.56. The second-order valence-electron chi connectivity index (χ2n) is 4.90. The lowest BCUT2D eigenvalue weighted by atomic mass is 10.1. The average molecular weight is 288 g/mol. The van der Waals surface area contributed by atoms with E-state index in [1.54, 1.807) is 24.1 Å². The van der Waals surface area contributed by atoms with Crippen LogP contribution in [-0.2, 0) is 12.7 Å². The topological polar surface area (TPSA) is 15.3 Å². The van der Waals surface area contributed by atoms with Gasteiger partial charge in [-0.2, -0.15) is 13.2 Å². The summed E-state index contributed by atoms with van der Waals surface area (Å²) in [7, 11) is 1.71. The van der Waals surface area contributed by atoms with E-state index in [0.717, 1.165) is 19.4 Å². The number of rotatable bonds is 7. The smallest absolute Gasteiger partial charge is 0.374 e. The van der Waals surface area contributed by atoms with Crippen LogP contribution in [0.15, 0.2) is 18.2 Å². The van der Waals surface area contributed by atoms with Crippen molar-refractivity contribution in [3.05, 3.63) is 29.3 Å². The maximum absolute atomic E-state index is 13.2. The van der Waals surface area contributed by atoms with Crippen molar-refractivity contribution in [2.24, 2.45) is 0 Å². The van der Waals surface area contributed by atoms with E-state index in [9.17, 15) is 13.2 Å². The largest absolute Gasteiger partial charge is 0.418 e. The normalized spacial score (nSPS) is 11.7. The Bertz CT molecular complexity index is 416. The van der Waals surface area contributed by atoms with Crippen LogP contribution in [0.25, 0.3) is 0 Å². The number of nitrogens with zero attached hydrogens (tertiary/aromatic N) is 1. The molecule has 0 fully saturated rings. The third kappa shape index (κ3) is 4.71.